The molecule has 1 unspecified atom stereocenters. The van der Waals surface area contributed by atoms with Crippen LogP contribution in [0.5, 0.6) is 5.75 Å². The predicted octanol–water partition coefficient (Wildman–Crippen LogP) is 3.67. The Balaban J connectivity index is 2.05. The van der Waals surface area contributed by atoms with Crippen LogP contribution in [-0.4, -0.2) is 48.0 Å². The molecule has 6 nitrogen and oxygen atoms in total. The van der Waals surface area contributed by atoms with Crippen LogP contribution in [0.4, 0.5) is 35.5 Å². The number of piperazine rings is 1. The number of urea groups is 1. The molecule has 2 fully saturated rings. The van der Waals surface area contributed by atoms with Crippen molar-refractivity contribution in [3.8, 4) is 5.75 Å². The third-order valence-corrected chi connectivity index (χ3v) is 6.16. The third kappa shape index (κ3) is 4.42. The Labute approximate surface area is 177 Å². The van der Waals surface area contributed by atoms with E-state index >= 15 is 0 Å². The molecule has 0 aromatic heterocycles. The van der Waals surface area contributed by atoms with E-state index in [2.05, 4.69) is 10.1 Å². The number of ether oxygens (including phenoxy) is 1. The Morgan fingerprint density at radius 2 is 1.88 bits per heavy atom. The molecule has 13 heteroatoms. The van der Waals surface area contributed by atoms with E-state index in [4.69, 9.17) is 5.73 Å². The average Bonchev–Trinajstić information content (AvgIpc) is 2.59. The Bertz CT molecular complexity index is 899. The van der Waals surface area contributed by atoms with E-state index in [-0.39, 0.29) is 18.7 Å². The first-order valence-corrected chi connectivity index (χ1v) is 9.62. The normalized spacial score (nSPS) is 27.4. The van der Waals surface area contributed by atoms with Crippen LogP contribution in [0, 0.1) is 17.7 Å². The smallest absolute Gasteiger partial charge is 0.403 e. The van der Waals surface area contributed by atoms with Crippen molar-refractivity contribution >= 4 is 11.9 Å². The first kappa shape index (κ1) is 23.9. The maximum absolute atomic E-state index is 14.4. The summed E-state index contributed by atoms with van der Waals surface area (Å²) in [6, 6.07) is 1.40. The molecule has 3 N–H and O–H groups in total. The van der Waals surface area contributed by atoms with Gasteiger partial charge in [0.15, 0.2) is 11.6 Å². The molecule has 1 aliphatic carbocycles. The lowest BCUT2D eigenvalue weighted by Crippen LogP contribution is -2.69. The molecule has 0 bridgehead atoms. The Hall–Kier alpha value is -2.73. The molecule has 2 aliphatic rings. The van der Waals surface area contributed by atoms with Gasteiger partial charge in [0.2, 0.25) is 5.91 Å². The number of rotatable bonds is 4. The second-order valence-corrected chi connectivity index (χ2v) is 8.08. The fourth-order valence-corrected chi connectivity index (χ4v) is 4.64. The number of nitrogens with two attached hydrogens (primary N) is 1. The van der Waals surface area contributed by atoms with Crippen LogP contribution in [0.25, 0.3) is 0 Å². The van der Waals surface area contributed by atoms with Gasteiger partial charge >= 0.3 is 18.6 Å². The molecular formula is C19H20F7N3O3. The Morgan fingerprint density at radius 3 is 2.38 bits per heavy atom. The van der Waals surface area contributed by atoms with Gasteiger partial charge in [-0.25, -0.2) is 9.18 Å². The van der Waals surface area contributed by atoms with Gasteiger partial charge < -0.3 is 20.7 Å². The molecule has 3 rings (SSSR count). The second kappa shape index (κ2) is 8.00. The molecule has 0 spiro atoms. The minimum Gasteiger partial charge on any atom is -0.403 e. The molecule has 1 saturated carbocycles. The van der Waals surface area contributed by atoms with Crippen LogP contribution in [0.1, 0.15) is 31.2 Å². The topological polar surface area (TPSA) is 84.7 Å². The van der Waals surface area contributed by atoms with E-state index in [0.717, 1.165) is 11.0 Å². The number of hydrogen-bond donors (Lipinski definition) is 2. The summed E-state index contributed by atoms with van der Waals surface area (Å²) in [5, 5.41) is 2.53. The molecule has 32 heavy (non-hydrogen) atoms. The van der Waals surface area contributed by atoms with Gasteiger partial charge in [0.1, 0.15) is 5.54 Å². The lowest BCUT2D eigenvalue weighted by Gasteiger charge is -2.53. The lowest BCUT2D eigenvalue weighted by atomic mass is 9.60. The van der Waals surface area contributed by atoms with Gasteiger partial charge in [-0.2, -0.15) is 13.2 Å². The summed E-state index contributed by atoms with van der Waals surface area (Å²) in [4.78, 5) is 25.9. The van der Waals surface area contributed by atoms with E-state index in [0.29, 0.717) is 12.1 Å². The largest absolute Gasteiger partial charge is 0.573 e. The standard InChI is InChI=1S/C19H20F7N3O3/c1-17(15(30)28-4-5-29(17)16(27)31)14(10-6-11(7-10)18(21,22)23)9-2-3-13(12(20)8-9)32-19(24,25)26/h2-3,8,10-11,14H,4-7H2,1H3,(H2,27,31)(H,28,30)/t10?,11?,14-,17?/m1/s1. The van der Waals surface area contributed by atoms with Crippen molar-refractivity contribution in [2.24, 2.45) is 17.6 Å². The molecule has 3 amide bonds. The van der Waals surface area contributed by atoms with Crippen molar-refractivity contribution in [2.45, 2.75) is 43.8 Å². The summed E-state index contributed by atoms with van der Waals surface area (Å²) in [7, 11) is 0. The summed E-state index contributed by atoms with van der Waals surface area (Å²) >= 11 is 0. The van der Waals surface area contributed by atoms with Crippen molar-refractivity contribution in [1.29, 1.82) is 0 Å². The fourth-order valence-electron chi connectivity index (χ4n) is 4.64. The highest BCUT2D eigenvalue weighted by molar-refractivity contribution is 5.92. The minimum atomic E-state index is -5.16. The molecule has 2 atom stereocenters. The first-order chi connectivity index (χ1) is 14.6. The van der Waals surface area contributed by atoms with Gasteiger partial charge in [0, 0.05) is 19.0 Å². The number of hydrogen-bond acceptors (Lipinski definition) is 3. The van der Waals surface area contributed by atoms with Crippen molar-refractivity contribution in [3.63, 3.8) is 0 Å². The number of carbonyl (C=O) groups excluding carboxylic acids is 2. The van der Waals surface area contributed by atoms with Crippen molar-refractivity contribution in [3.05, 3.63) is 29.6 Å². The Kier molecular flexibility index (Phi) is 5.98. The maximum atomic E-state index is 14.4. The third-order valence-electron chi connectivity index (χ3n) is 6.16. The van der Waals surface area contributed by atoms with E-state index in [9.17, 15) is 40.3 Å². The van der Waals surface area contributed by atoms with Gasteiger partial charge in [-0.1, -0.05) is 6.07 Å². The van der Waals surface area contributed by atoms with Crippen LogP contribution < -0.4 is 15.8 Å². The molecule has 1 heterocycles. The van der Waals surface area contributed by atoms with Crippen LogP contribution in [0.15, 0.2) is 18.2 Å². The molecule has 178 valence electrons. The number of amides is 3. The number of primary amides is 1. The lowest BCUT2D eigenvalue weighted by molar-refractivity contribution is -0.275. The van der Waals surface area contributed by atoms with Gasteiger partial charge in [-0.3, -0.25) is 4.79 Å². The number of carbonyl (C=O) groups is 2. The number of nitrogens with zero attached hydrogens (tertiary/aromatic N) is 1. The number of alkyl halides is 6. The molecule has 1 aliphatic heterocycles. The van der Waals surface area contributed by atoms with E-state index < -0.39 is 72.2 Å². The zero-order valence-electron chi connectivity index (χ0n) is 16.7. The number of halogens is 7. The van der Waals surface area contributed by atoms with Gasteiger partial charge in [0.25, 0.3) is 0 Å². The average molecular weight is 471 g/mol. The highest BCUT2D eigenvalue weighted by atomic mass is 19.4. The second-order valence-electron chi connectivity index (χ2n) is 8.08. The van der Waals surface area contributed by atoms with Crippen LogP contribution in [-0.2, 0) is 4.79 Å². The molecule has 1 aromatic carbocycles. The van der Waals surface area contributed by atoms with Crippen LogP contribution in [0.3, 0.4) is 0 Å². The fraction of sp³-hybridized carbons (Fsp3) is 0.579. The van der Waals surface area contributed by atoms with E-state index in [1.165, 1.54) is 6.92 Å². The number of nitrogens with one attached hydrogen (secondary N) is 1. The summed E-state index contributed by atoms with van der Waals surface area (Å²) in [5.41, 5.74) is 3.57. The minimum absolute atomic E-state index is 0.0404. The number of benzene rings is 1. The zero-order chi connectivity index (χ0) is 24.1. The summed E-state index contributed by atoms with van der Waals surface area (Å²) in [5.74, 6) is -6.88. The van der Waals surface area contributed by atoms with Crippen LogP contribution >= 0.6 is 0 Å². The molecule has 1 saturated heterocycles. The molecule has 0 radical (unpaired) electrons. The van der Waals surface area contributed by atoms with Gasteiger partial charge in [-0.05, 0) is 43.4 Å². The summed E-state index contributed by atoms with van der Waals surface area (Å²) in [6.45, 7) is 1.31. The highest BCUT2D eigenvalue weighted by Crippen LogP contribution is 2.54. The first-order valence-electron chi connectivity index (χ1n) is 9.62. The Morgan fingerprint density at radius 1 is 1.25 bits per heavy atom. The predicted molar refractivity (Wildman–Crippen MR) is 95.8 cm³/mol. The zero-order valence-corrected chi connectivity index (χ0v) is 16.7. The van der Waals surface area contributed by atoms with Crippen molar-refractivity contribution in [1.82, 2.24) is 10.2 Å². The van der Waals surface area contributed by atoms with Crippen molar-refractivity contribution < 1.29 is 45.1 Å². The van der Waals surface area contributed by atoms with E-state index in [1.54, 1.807) is 0 Å². The molecular weight excluding hydrogens is 451 g/mol. The van der Waals surface area contributed by atoms with E-state index in [1.807, 2.05) is 0 Å². The maximum Gasteiger partial charge on any atom is 0.573 e. The van der Waals surface area contributed by atoms with Gasteiger partial charge in [-0.15, -0.1) is 13.2 Å². The highest BCUT2D eigenvalue weighted by Gasteiger charge is 2.58. The molecule has 1 aromatic rings. The summed E-state index contributed by atoms with van der Waals surface area (Å²) < 4.78 is 94.7. The monoisotopic (exact) mass is 471 g/mol. The van der Waals surface area contributed by atoms with Crippen LogP contribution in [0.2, 0.25) is 0 Å². The van der Waals surface area contributed by atoms with Gasteiger partial charge in [0.05, 0.1) is 5.92 Å². The van der Waals surface area contributed by atoms with Crippen molar-refractivity contribution in [2.75, 3.05) is 13.1 Å². The SMILES string of the molecule is CC1([C@H](c2ccc(OC(F)(F)F)c(F)c2)C2CC(C(F)(F)F)C2)C(=O)NCCN1C(N)=O. The quantitative estimate of drug-likeness (QED) is 0.658. The summed E-state index contributed by atoms with van der Waals surface area (Å²) in [6.07, 6.45) is -10.4.